The average molecular weight is 495 g/mol. The van der Waals surface area contributed by atoms with Gasteiger partial charge in [0.15, 0.2) is 5.96 Å². The van der Waals surface area contributed by atoms with Crippen LogP contribution in [0.15, 0.2) is 23.2 Å². The molecule has 27 heavy (non-hydrogen) atoms. The lowest BCUT2D eigenvalue weighted by molar-refractivity contribution is -0.128. The zero-order chi connectivity index (χ0) is 19.3. The van der Waals surface area contributed by atoms with Crippen molar-refractivity contribution in [3.63, 3.8) is 0 Å². The average Bonchev–Trinajstić information content (AvgIpc) is 2.64. The normalized spacial score (nSPS) is 15.3. The van der Waals surface area contributed by atoms with Gasteiger partial charge in [-0.2, -0.15) is 0 Å². The van der Waals surface area contributed by atoms with Crippen LogP contribution in [0.2, 0.25) is 0 Å². The fraction of sp³-hybridized carbons (Fsp3) is 0.556. The summed E-state index contributed by atoms with van der Waals surface area (Å²) in [6, 6.07) is 3.50. The van der Waals surface area contributed by atoms with Crippen molar-refractivity contribution in [3.05, 3.63) is 29.8 Å². The third kappa shape index (κ3) is 5.91. The number of halogens is 3. The first-order chi connectivity index (χ1) is 12.3. The van der Waals surface area contributed by atoms with Gasteiger partial charge < -0.3 is 20.4 Å². The van der Waals surface area contributed by atoms with E-state index in [1.165, 1.54) is 6.07 Å². The molecule has 0 aromatic heterocycles. The van der Waals surface area contributed by atoms with Crippen LogP contribution in [-0.4, -0.2) is 63.6 Å². The largest absolute Gasteiger partial charge is 0.366 e. The van der Waals surface area contributed by atoms with E-state index in [-0.39, 0.29) is 35.6 Å². The molecule has 2 rings (SSSR count). The van der Waals surface area contributed by atoms with Crippen molar-refractivity contribution in [1.82, 2.24) is 15.5 Å². The number of piperazine rings is 1. The van der Waals surface area contributed by atoms with E-state index < -0.39 is 17.0 Å². The van der Waals surface area contributed by atoms with Crippen LogP contribution in [0, 0.1) is 17.0 Å². The number of rotatable bonds is 4. The molecule has 1 aromatic rings. The summed E-state index contributed by atoms with van der Waals surface area (Å²) in [6.45, 7) is 6.51. The molecule has 1 aromatic carbocycles. The molecule has 0 atom stereocenters. The van der Waals surface area contributed by atoms with Gasteiger partial charge in [-0.15, -0.1) is 24.0 Å². The van der Waals surface area contributed by atoms with Crippen molar-refractivity contribution in [2.24, 2.45) is 10.4 Å². The summed E-state index contributed by atoms with van der Waals surface area (Å²) in [7, 11) is 3.30. The zero-order valence-corrected chi connectivity index (χ0v) is 18.5. The molecule has 1 amide bonds. The zero-order valence-electron chi connectivity index (χ0n) is 16.2. The van der Waals surface area contributed by atoms with Crippen LogP contribution in [-0.2, 0) is 4.79 Å². The second kappa shape index (κ2) is 10.0. The van der Waals surface area contributed by atoms with Gasteiger partial charge in [0.1, 0.15) is 11.6 Å². The van der Waals surface area contributed by atoms with Gasteiger partial charge in [-0.25, -0.2) is 8.78 Å². The summed E-state index contributed by atoms with van der Waals surface area (Å²) in [5, 5.41) is 5.89. The Bertz CT molecular complexity index is 676. The maximum absolute atomic E-state index is 13.9. The van der Waals surface area contributed by atoms with E-state index in [4.69, 9.17) is 0 Å². The van der Waals surface area contributed by atoms with Crippen molar-refractivity contribution < 1.29 is 13.6 Å². The van der Waals surface area contributed by atoms with Gasteiger partial charge in [0.2, 0.25) is 5.91 Å². The highest BCUT2D eigenvalue weighted by Crippen LogP contribution is 2.22. The highest BCUT2D eigenvalue weighted by atomic mass is 127. The summed E-state index contributed by atoms with van der Waals surface area (Å²) in [5.74, 6) is -0.222. The van der Waals surface area contributed by atoms with Crippen molar-refractivity contribution in [3.8, 4) is 0 Å². The molecule has 0 saturated carbocycles. The van der Waals surface area contributed by atoms with Crippen LogP contribution < -0.4 is 15.5 Å². The number of hydrogen-bond acceptors (Lipinski definition) is 3. The van der Waals surface area contributed by atoms with Crippen LogP contribution in [0.3, 0.4) is 0 Å². The van der Waals surface area contributed by atoms with Gasteiger partial charge in [-0.3, -0.25) is 9.79 Å². The molecule has 0 radical (unpaired) electrons. The van der Waals surface area contributed by atoms with E-state index in [1.807, 2.05) is 23.6 Å². The third-order valence-corrected chi connectivity index (χ3v) is 4.57. The third-order valence-electron chi connectivity index (χ3n) is 4.57. The van der Waals surface area contributed by atoms with E-state index in [0.29, 0.717) is 38.7 Å². The first-order valence-corrected chi connectivity index (χ1v) is 8.66. The monoisotopic (exact) mass is 495 g/mol. The van der Waals surface area contributed by atoms with Crippen LogP contribution in [0.5, 0.6) is 0 Å². The van der Waals surface area contributed by atoms with Crippen LogP contribution in [0.1, 0.15) is 13.8 Å². The first kappa shape index (κ1) is 23.4. The molecule has 0 aliphatic carbocycles. The highest BCUT2D eigenvalue weighted by Gasteiger charge is 2.28. The van der Waals surface area contributed by atoms with Crippen LogP contribution in [0.25, 0.3) is 0 Å². The van der Waals surface area contributed by atoms with Gasteiger partial charge in [0.25, 0.3) is 0 Å². The van der Waals surface area contributed by atoms with E-state index >= 15 is 0 Å². The summed E-state index contributed by atoms with van der Waals surface area (Å²) >= 11 is 0. The maximum atomic E-state index is 13.9. The van der Waals surface area contributed by atoms with Gasteiger partial charge in [0.05, 0.1) is 11.1 Å². The Morgan fingerprint density at radius 2 is 1.85 bits per heavy atom. The topological polar surface area (TPSA) is 60.0 Å². The van der Waals surface area contributed by atoms with Gasteiger partial charge >= 0.3 is 0 Å². The van der Waals surface area contributed by atoms with Crippen molar-refractivity contribution in [1.29, 1.82) is 0 Å². The second-order valence-corrected chi connectivity index (χ2v) is 6.93. The Hall–Kier alpha value is -1.65. The first-order valence-electron chi connectivity index (χ1n) is 8.66. The van der Waals surface area contributed by atoms with Gasteiger partial charge in [0, 0.05) is 52.9 Å². The van der Waals surface area contributed by atoms with E-state index in [2.05, 4.69) is 15.6 Å². The lowest BCUT2D eigenvalue weighted by Gasteiger charge is -2.38. The molecule has 1 saturated heterocycles. The smallest absolute Gasteiger partial charge is 0.227 e. The highest BCUT2D eigenvalue weighted by molar-refractivity contribution is 14.0. The molecule has 0 unspecified atom stereocenters. The summed E-state index contributed by atoms with van der Waals surface area (Å²) in [4.78, 5) is 20.0. The standard InChI is InChI=1S/C18H27F2N5O.HI/c1-18(2,16(26)21-3)12-23-17(22-4)25-9-7-24(8-10-25)15-11-13(19)5-6-14(15)20;/h5-6,11H,7-10,12H2,1-4H3,(H,21,26)(H,22,23);1H. The number of amides is 1. The lowest BCUT2D eigenvalue weighted by Crippen LogP contribution is -2.54. The van der Waals surface area contributed by atoms with Crippen molar-refractivity contribution >= 4 is 41.5 Å². The molecule has 1 aliphatic rings. The quantitative estimate of drug-likeness (QED) is 0.382. The number of guanidine groups is 1. The number of carbonyl (C=O) groups is 1. The number of aliphatic imine (C=N–C) groups is 1. The molecule has 1 fully saturated rings. The molecular weight excluding hydrogens is 467 g/mol. The summed E-state index contributed by atoms with van der Waals surface area (Å²) in [6.07, 6.45) is 0. The second-order valence-electron chi connectivity index (χ2n) is 6.93. The van der Waals surface area contributed by atoms with Crippen LogP contribution >= 0.6 is 24.0 Å². The predicted molar refractivity (Wildman–Crippen MR) is 115 cm³/mol. The van der Waals surface area contributed by atoms with E-state index in [0.717, 1.165) is 12.1 Å². The molecule has 0 spiro atoms. The van der Waals surface area contributed by atoms with E-state index in [9.17, 15) is 13.6 Å². The maximum Gasteiger partial charge on any atom is 0.227 e. The number of anilines is 1. The minimum atomic E-state index is -0.572. The molecule has 0 bridgehead atoms. The molecule has 9 heteroatoms. The minimum Gasteiger partial charge on any atom is -0.366 e. The van der Waals surface area contributed by atoms with E-state index in [1.54, 1.807) is 14.1 Å². The Kier molecular flexibility index (Phi) is 8.70. The Morgan fingerprint density at radius 3 is 2.41 bits per heavy atom. The molecule has 1 heterocycles. The lowest BCUT2D eigenvalue weighted by atomic mass is 9.92. The Balaban J connectivity index is 0.00000364. The van der Waals surface area contributed by atoms with Crippen LogP contribution in [0.4, 0.5) is 14.5 Å². The molecule has 1 aliphatic heterocycles. The fourth-order valence-electron chi connectivity index (χ4n) is 2.94. The Morgan fingerprint density at radius 1 is 1.22 bits per heavy atom. The fourth-order valence-corrected chi connectivity index (χ4v) is 2.94. The summed E-state index contributed by atoms with van der Waals surface area (Å²) < 4.78 is 27.3. The number of benzene rings is 1. The Labute approximate surface area is 176 Å². The number of nitrogens with one attached hydrogen (secondary N) is 2. The summed E-state index contributed by atoms with van der Waals surface area (Å²) in [5.41, 5.74) is -0.287. The van der Waals surface area contributed by atoms with Gasteiger partial charge in [-0.1, -0.05) is 0 Å². The number of nitrogens with zero attached hydrogens (tertiary/aromatic N) is 3. The molecular formula is C18H28F2IN5O. The number of hydrogen-bond donors (Lipinski definition) is 2. The van der Waals surface area contributed by atoms with Crippen molar-refractivity contribution in [2.45, 2.75) is 13.8 Å². The SMILES string of the molecule is CN=C(NCC(C)(C)C(=O)NC)N1CCN(c2cc(F)ccc2F)CC1.I. The number of carbonyl (C=O) groups excluding carboxylic acids is 1. The van der Waals surface area contributed by atoms with Gasteiger partial charge in [-0.05, 0) is 26.0 Å². The minimum absolute atomic E-state index is 0. The van der Waals surface area contributed by atoms with Crippen molar-refractivity contribution in [2.75, 3.05) is 51.7 Å². The molecule has 2 N–H and O–H groups in total. The molecule has 152 valence electrons. The molecule has 6 nitrogen and oxygen atoms in total. The predicted octanol–water partition coefficient (Wildman–Crippen LogP) is 2.05.